The van der Waals surface area contributed by atoms with E-state index < -0.39 is 10.1 Å². The van der Waals surface area contributed by atoms with Gasteiger partial charge in [0.1, 0.15) is 10.6 Å². The van der Waals surface area contributed by atoms with E-state index in [9.17, 15) is 8.42 Å². The van der Waals surface area contributed by atoms with E-state index in [1.807, 2.05) is 33.2 Å². The van der Waals surface area contributed by atoms with Crippen molar-refractivity contribution in [3.63, 3.8) is 0 Å². The molecule has 0 saturated carbocycles. The van der Waals surface area contributed by atoms with Crippen LogP contribution in [0.15, 0.2) is 53.4 Å². The Kier molecular flexibility index (Phi) is 5.44. The minimum absolute atomic E-state index is 0.0967. The van der Waals surface area contributed by atoms with Crippen LogP contribution >= 0.6 is 0 Å². The highest BCUT2D eigenvalue weighted by Gasteiger charge is 2.22. The van der Waals surface area contributed by atoms with Crippen molar-refractivity contribution in [2.24, 2.45) is 0 Å². The molecule has 2 aromatic rings. The van der Waals surface area contributed by atoms with Crippen LogP contribution in [0.4, 0.5) is 0 Å². The molecule has 0 fully saturated rings. The number of nitrogens with zero attached hydrogens (tertiary/aromatic N) is 1. The topological polar surface area (TPSA) is 46.6 Å². The number of hydrogen-bond donors (Lipinski definition) is 0. The van der Waals surface area contributed by atoms with Crippen LogP contribution in [0.25, 0.3) is 0 Å². The van der Waals surface area contributed by atoms with Gasteiger partial charge in [0, 0.05) is 11.6 Å². The van der Waals surface area contributed by atoms with Crippen molar-refractivity contribution >= 4 is 10.1 Å². The maximum Gasteiger partial charge on any atom is 0.339 e. The fraction of sp³-hybridized carbons (Fsp3) is 0.333. The monoisotopic (exact) mass is 333 g/mol. The molecule has 0 N–H and O–H groups in total. The first kappa shape index (κ1) is 17.5. The van der Waals surface area contributed by atoms with E-state index in [0.29, 0.717) is 5.75 Å². The lowest BCUT2D eigenvalue weighted by atomic mass is 10.0. The second-order valence-corrected chi connectivity index (χ2v) is 7.32. The third kappa shape index (κ3) is 4.12. The Morgan fingerprint density at radius 3 is 2.22 bits per heavy atom. The molecule has 23 heavy (non-hydrogen) atoms. The Morgan fingerprint density at radius 2 is 1.65 bits per heavy atom. The maximum atomic E-state index is 12.5. The number of benzene rings is 2. The van der Waals surface area contributed by atoms with Gasteiger partial charge >= 0.3 is 10.1 Å². The first-order valence-electron chi connectivity index (χ1n) is 7.61. The van der Waals surface area contributed by atoms with Crippen molar-refractivity contribution < 1.29 is 12.6 Å². The van der Waals surface area contributed by atoms with Crippen molar-refractivity contribution in [1.82, 2.24) is 4.90 Å². The first-order valence-corrected chi connectivity index (χ1v) is 9.02. The van der Waals surface area contributed by atoms with E-state index >= 15 is 0 Å². The van der Waals surface area contributed by atoms with Crippen molar-refractivity contribution in [3.8, 4) is 5.75 Å². The summed E-state index contributed by atoms with van der Waals surface area (Å²) in [5.74, 6) is 0.383. The van der Waals surface area contributed by atoms with Crippen LogP contribution < -0.4 is 4.18 Å². The SMILES string of the molecule is CCC(c1ccccc1OS(=O)(=O)c1ccc(C)cc1)N(C)C. The van der Waals surface area contributed by atoms with Crippen molar-refractivity contribution in [1.29, 1.82) is 0 Å². The number of aryl methyl sites for hydroxylation is 1. The molecule has 0 aliphatic rings. The number of rotatable bonds is 6. The van der Waals surface area contributed by atoms with Crippen molar-refractivity contribution in [2.45, 2.75) is 31.2 Å². The van der Waals surface area contributed by atoms with E-state index in [1.54, 1.807) is 36.4 Å². The van der Waals surface area contributed by atoms with Gasteiger partial charge in [-0.15, -0.1) is 0 Å². The first-order chi connectivity index (χ1) is 10.8. The van der Waals surface area contributed by atoms with E-state index in [2.05, 4.69) is 11.8 Å². The van der Waals surface area contributed by atoms with Gasteiger partial charge in [-0.05, 0) is 45.6 Å². The second kappa shape index (κ2) is 7.15. The zero-order chi connectivity index (χ0) is 17.0. The zero-order valence-electron chi connectivity index (χ0n) is 14.0. The summed E-state index contributed by atoms with van der Waals surface area (Å²) in [4.78, 5) is 2.22. The lowest BCUT2D eigenvalue weighted by molar-refractivity contribution is 0.287. The molecule has 0 spiro atoms. The van der Waals surface area contributed by atoms with E-state index in [1.165, 1.54) is 0 Å². The molecule has 0 radical (unpaired) electrons. The molecule has 0 bridgehead atoms. The fourth-order valence-electron chi connectivity index (χ4n) is 2.57. The standard InChI is InChI=1S/C18H23NO3S/c1-5-17(19(3)4)16-8-6-7-9-18(16)22-23(20,21)15-12-10-14(2)11-13-15/h6-13,17H,5H2,1-4H3. The average Bonchev–Trinajstić information content (AvgIpc) is 2.49. The highest BCUT2D eigenvalue weighted by molar-refractivity contribution is 7.87. The Balaban J connectivity index is 2.38. The summed E-state index contributed by atoms with van der Waals surface area (Å²) in [5, 5.41) is 0. The molecule has 5 heteroatoms. The van der Waals surface area contributed by atoms with Gasteiger partial charge in [-0.3, -0.25) is 0 Å². The van der Waals surface area contributed by atoms with E-state index in [-0.39, 0.29) is 10.9 Å². The zero-order valence-corrected chi connectivity index (χ0v) is 14.8. The Morgan fingerprint density at radius 1 is 1.04 bits per heavy atom. The molecule has 1 atom stereocenters. The highest BCUT2D eigenvalue weighted by atomic mass is 32.2. The molecule has 0 heterocycles. The molecule has 4 nitrogen and oxygen atoms in total. The third-order valence-electron chi connectivity index (χ3n) is 3.80. The predicted octanol–water partition coefficient (Wildman–Crippen LogP) is 3.78. The van der Waals surface area contributed by atoms with Gasteiger partial charge < -0.3 is 9.08 Å². The predicted molar refractivity (Wildman–Crippen MR) is 92.2 cm³/mol. The van der Waals surface area contributed by atoms with Crippen molar-refractivity contribution in [3.05, 3.63) is 59.7 Å². The summed E-state index contributed by atoms with van der Waals surface area (Å²) in [6.45, 7) is 3.98. The molecule has 2 aromatic carbocycles. The van der Waals surface area contributed by atoms with Gasteiger partial charge in [0.15, 0.2) is 0 Å². The molecule has 0 aliphatic carbocycles. The largest absolute Gasteiger partial charge is 0.379 e. The molecule has 0 aliphatic heterocycles. The molecule has 0 saturated heterocycles. The minimum atomic E-state index is -3.84. The minimum Gasteiger partial charge on any atom is -0.379 e. The summed E-state index contributed by atoms with van der Waals surface area (Å²) < 4.78 is 30.5. The molecule has 1 unspecified atom stereocenters. The maximum absolute atomic E-state index is 12.5. The van der Waals surface area contributed by atoms with Crippen LogP contribution in [0, 0.1) is 6.92 Å². The molecular formula is C18H23NO3S. The quantitative estimate of drug-likeness (QED) is 0.755. The fourth-order valence-corrected chi connectivity index (χ4v) is 3.52. The Hall–Kier alpha value is -1.85. The normalized spacial score (nSPS) is 13.1. The summed E-state index contributed by atoms with van der Waals surface area (Å²) in [7, 11) is 0.105. The smallest absolute Gasteiger partial charge is 0.339 e. The van der Waals surface area contributed by atoms with Gasteiger partial charge in [0.25, 0.3) is 0 Å². The molecule has 0 amide bonds. The van der Waals surface area contributed by atoms with E-state index in [0.717, 1.165) is 17.5 Å². The lowest BCUT2D eigenvalue weighted by Gasteiger charge is -2.25. The third-order valence-corrected chi connectivity index (χ3v) is 5.05. The highest BCUT2D eigenvalue weighted by Crippen LogP contribution is 2.32. The molecular weight excluding hydrogens is 310 g/mol. The van der Waals surface area contributed by atoms with Crippen LogP contribution in [0.3, 0.4) is 0 Å². The molecule has 124 valence electrons. The van der Waals surface area contributed by atoms with Crippen molar-refractivity contribution in [2.75, 3.05) is 14.1 Å². The summed E-state index contributed by atoms with van der Waals surface area (Å²) >= 11 is 0. The van der Waals surface area contributed by atoms with Gasteiger partial charge in [-0.25, -0.2) is 0 Å². The van der Waals surface area contributed by atoms with Gasteiger partial charge in [0.2, 0.25) is 0 Å². The van der Waals surface area contributed by atoms with Gasteiger partial charge in [-0.2, -0.15) is 8.42 Å². The van der Waals surface area contributed by atoms with Crippen LogP contribution in [0.5, 0.6) is 5.75 Å². The number of hydrogen-bond acceptors (Lipinski definition) is 4. The Labute approximate surface area is 138 Å². The molecule has 2 rings (SSSR count). The van der Waals surface area contributed by atoms with E-state index in [4.69, 9.17) is 4.18 Å². The van der Waals surface area contributed by atoms with Crippen LogP contribution in [0.2, 0.25) is 0 Å². The van der Waals surface area contributed by atoms with Crippen LogP contribution in [-0.2, 0) is 10.1 Å². The number of para-hydroxylation sites is 1. The summed E-state index contributed by atoms with van der Waals surface area (Å²) in [6, 6.07) is 14.0. The Bertz CT molecular complexity index is 752. The molecule has 0 aromatic heterocycles. The van der Waals surface area contributed by atoms with Crippen LogP contribution in [-0.4, -0.2) is 27.4 Å². The summed E-state index contributed by atoms with van der Waals surface area (Å²) in [5.41, 5.74) is 1.87. The second-order valence-electron chi connectivity index (χ2n) is 5.78. The van der Waals surface area contributed by atoms with Gasteiger partial charge in [-0.1, -0.05) is 42.8 Å². The van der Waals surface area contributed by atoms with Crippen LogP contribution in [0.1, 0.15) is 30.5 Å². The average molecular weight is 333 g/mol. The summed E-state index contributed by atoms with van der Waals surface area (Å²) in [6.07, 6.45) is 0.859. The lowest BCUT2D eigenvalue weighted by Crippen LogP contribution is -2.21. The van der Waals surface area contributed by atoms with Gasteiger partial charge in [0.05, 0.1) is 0 Å².